The van der Waals surface area contributed by atoms with E-state index in [1.54, 1.807) is 12.3 Å². The molecule has 0 N–H and O–H groups in total. The zero-order valence-electron chi connectivity index (χ0n) is 15.5. The van der Waals surface area contributed by atoms with Gasteiger partial charge in [-0.1, -0.05) is 18.2 Å². The van der Waals surface area contributed by atoms with E-state index < -0.39 is 0 Å². The van der Waals surface area contributed by atoms with Gasteiger partial charge in [-0.3, -0.25) is 9.78 Å². The molecule has 0 bridgehead atoms. The molecule has 26 heavy (non-hydrogen) atoms. The molecule has 0 atom stereocenters. The summed E-state index contributed by atoms with van der Waals surface area (Å²) in [5, 5.41) is 0.843. The van der Waals surface area contributed by atoms with Crippen LogP contribution in [0.25, 0.3) is 22.0 Å². The molecular formula is C22H23FN2O. The second-order valence-electron chi connectivity index (χ2n) is 7.01. The minimum Gasteiger partial charge on any atom is -0.334 e. The van der Waals surface area contributed by atoms with Crippen LogP contribution in [-0.2, 0) is 0 Å². The summed E-state index contributed by atoms with van der Waals surface area (Å²) in [5.41, 5.74) is 2.93. The first-order valence-electron chi connectivity index (χ1n) is 8.86. The molecule has 1 heterocycles. The Balaban J connectivity index is 2.10. The predicted molar refractivity (Wildman–Crippen MR) is 104 cm³/mol. The van der Waals surface area contributed by atoms with E-state index in [9.17, 15) is 9.18 Å². The molecule has 2 aromatic carbocycles. The average molecular weight is 350 g/mol. The number of nitrogens with zero attached hydrogens (tertiary/aromatic N) is 2. The van der Waals surface area contributed by atoms with Gasteiger partial charge in [0.15, 0.2) is 0 Å². The van der Waals surface area contributed by atoms with E-state index in [1.807, 2.05) is 62.9 Å². The highest BCUT2D eigenvalue weighted by Crippen LogP contribution is 2.28. The van der Waals surface area contributed by atoms with E-state index in [-0.39, 0.29) is 23.8 Å². The molecule has 3 rings (SSSR count). The fraction of sp³-hybridized carbons (Fsp3) is 0.273. The van der Waals surface area contributed by atoms with Crippen molar-refractivity contribution in [1.29, 1.82) is 0 Å². The molecule has 0 unspecified atom stereocenters. The molecule has 3 aromatic rings. The number of benzene rings is 2. The lowest BCUT2D eigenvalue weighted by Crippen LogP contribution is -2.42. The molecule has 0 saturated heterocycles. The Morgan fingerprint density at radius 1 is 1.00 bits per heavy atom. The van der Waals surface area contributed by atoms with Crippen molar-refractivity contribution < 1.29 is 9.18 Å². The maximum atomic E-state index is 13.4. The Bertz CT molecular complexity index is 942. The molecule has 0 aliphatic heterocycles. The number of aromatic nitrogens is 1. The van der Waals surface area contributed by atoms with Gasteiger partial charge in [-0.15, -0.1) is 0 Å². The third kappa shape index (κ3) is 3.45. The van der Waals surface area contributed by atoms with Gasteiger partial charge in [-0.2, -0.15) is 0 Å². The van der Waals surface area contributed by atoms with E-state index in [1.165, 1.54) is 12.1 Å². The third-order valence-corrected chi connectivity index (χ3v) is 4.46. The van der Waals surface area contributed by atoms with Crippen molar-refractivity contribution in [3.05, 3.63) is 66.1 Å². The quantitative estimate of drug-likeness (QED) is 0.640. The van der Waals surface area contributed by atoms with Crippen LogP contribution in [0, 0.1) is 5.82 Å². The number of amides is 1. The van der Waals surface area contributed by atoms with Gasteiger partial charge in [0.25, 0.3) is 5.91 Å². The van der Waals surface area contributed by atoms with Gasteiger partial charge in [0, 0.05) is 40.9 Å². The third-order valence-electron chi connectivity index (χ3n) is 4.46. The summed E-state index contributed by atoms with van der Waals surface area (Å²) in [6.45, 7) is 8.08. The van der Waals surface area contributed by atoms with Crippen molar-refractivity contribution in [2.75, 3.05) is 0 Å². The van der Waals surface area contributed by atoms with Gasteiger partial charge in [-0.25, -0.2) is 4.39 Å². The molecule has 3 nitrogen and oxygen atoms in total. The van der Waals surface area contributed by atoms with Crippen LogP contribution in [0.5, 0.6) is 0 Å². The fourth-order valence-electron chi connectivity index (χ4n) is 3.37. The molecule has 1 amide bonds. The number of rotatable bonds is 4. The van der Waals surface area contributed by atoms with Crippen molar-refractivity contribution in [3.63, 3.8) is 0 Å². The van der Waals surface area contributed by atoms with Crippen LogP contribution in [-0.4, -0.2) is 27.9 Å². The molecule has 0 fully saturated rings. The number of hydrogen-bond acceptors (Lipinski definition) is 2. The number of fused-ring (bicyclic) bond motifs is 1. The minimum atomic E-state index is -0.308. The summed E-state index contributed by atoms with van der Waals surface area (Å²) in [6, 6.07) is 14.3. The van der Waals surface area contributed by atoms with E-state index in [0.29, 0.717) is 11.1 Å². The number of carbonyl (C=O) groups is 1. The highest BCUT2D eigenvalue weighted by atomic mass is 19.1. The topological polar surface area (TPSA) is 33.2 Å². The summed E-state index contributed by atoms with van der Waals surface area (Å²) in [4.78, 5) is 19.4. The Morgan fingerprint density at radius 2 is 1.69 bits per heavy atom. The molecule has 4 heteroatoms. The fourth-order valence-corrected chi connectivity index (χ4v) is 3.37. The van der Waals surface area contributed by atoms with E-state index in [2.05, 4.69) is 4.98 Å². The zero-order valence-corrected chi connectivity index (χ0v) is 15.5. The Kier molecular flexibility index (Phi) is 5.03. The van der Waals surface area contributed by atoms with Gasteiger partial charge < -0.3 is 4.90 Å². The van der Waals surface area contributed by atoms with Crippen LogP contribution in [0.4, 0.5) is 4.39 Å². The zero-order chi connectivity index (χ0) is 18.8. The first kappa shape index (κ1) is 18.1. The van der Waals surface area contributed by atoms with Gasteiger partial charge >= 0.3 is 0 Å². The first-order chi connectivity index (χ1) is 12.4. The van der Waals surface area contributed by atoms with Gasteiger partial charge in [0.1, 0.15) is 5.82 Å². The maximum Gasteiger partial charge on any atom is 0.254 e. The molecule has 1 aromatic heterocycles. The largest absolute Gasteiger partial charge is 0.334 e. The Labute approximate surface area is 153 Å². The SMILES string of the molecule is CC(C)N(C(=O)c1ccccc1-c1cnc2cc(F)ccc2c1)C(C)C. The van der Waals surface area contributed by atoms with E-state index in [4.69, 9.17) is 0 Å². The Morgan fingerprint density at radius 3 is 2.38 bits per heavy atom. The van der Waals surface area contributed by atoms with Crippen LogP contribution in [0.3, 0.4) is 0 Å². The number of carbonyl (C=O) groups excluding carboxylic acids is 1. The van der Waals surface area contributed by atoms with Crippen molar-refractivity contribution >= 4 is 16.8 Å². The Hall–Kier alpha value is -2.75. The first-order valence-corrected chi connectivity index (χ1v) is 8.86. The average Bonchev–Trinajstić information content (AvgIpc) is 2.60. The van der Waals surface area contributed by atoms with Gasteiger partial charge in [0.2, 0.25) is 0 Å². The lowest BCUT2D eigenvalue weighted by molar-refractivity contribution is 0.0644. The molecule has 0 spiro atoms. The highest BCUT2D eigenvalue weighted by molar-refractivity contribution is 6.01. The molecule has 0 radical (unpaired) electrons. The molecule has 0 aliphatic rings. The molecular weight excluding hydrogens is 327 g/mol. The minimum absolute atomic E-state index is 0.00445. The molecule has 0 aliphatic carbocycles. The van der Waals surface area contributed by atoms with Crippen LogP contribution >= 0.6 is 0 Å². The van der Waals surface area contributed by atoms with E-state index >= 15 is 0 Å². The standard InChI is InChI=1S/C22H23FN2O/c1-14(2)25(15(3)4)22(26)20-8-6-5-7-19(20)17-11-16-9-10-18(23)12-21(16)24-13-17/h5-15H,1-4H3. The van der Waals surface area contributed by atoms with Crippen LogP contribution in [0.15, 0.2) is 54.7 Å². The highest BCUT2D eigenvalue weighted by Gasteiger charge is 2.24. The van der Waals surface area contributed by atoms with Gasteiger partial charge in [0.05, 0.1) is 5.52 Å². The monoisotopic (exact) mass is 350 g/mol. The normalized spacial score (nSPS) is 11.3. The van der Waals surface area contributed by atoms with Crippen LogP contribution < -0.4 is 0 Å². The summed E-state index contributed by atoms with van der Waals surface area (Å²) >= 11 is 0. The lowest BCUT2D eigenvalue weighted by Gasteiger charge is -2.31. The van der Waals surface area contributed by atoms with Crippen molar-refractivity contribution in [2.45, 2.75) is 39.8 Å². The molecule has 134 valence electrons. The smallest absolute Gasteiger partial charge is 0.254 e. The molecule has 0 saturated carbocycles. The summed E-state index contributed by atoms with van der Waals surface area (Å²) < 4.78 is 13.4. The predicted octanol–water partition coefficient (Wildman–Crippen LogP) is 5.30. The number of halogens is 1. The van der Waals surface area contributed by atoms with Crippen molar-refractivity contribution in [3.8, 4) is 11.1 Å². The van der Waals surface area contributed by atoms with E-state index in [0.717, 1.165) is 16.5 Å². The maximum absolute atomic E-state index is 13.4. The second-order valence-corrected chi connectivity index (χ2v) is 7.01. The van der Waals surface area contributed by atoms with Crippen molar-refractivity contribution in [1.82, 2.24) is 9.88 Å². The summed E-state index contributed by atoms with van der Waals surface area (Å²) in [5.74, 6) is -0.303. The second kappa shape index (κ2) is 7.24. The van der Waals surface area contributed by atoms with Crippen molar-refractivity contribution in [2.24, 2.45) is 0 Å². The van der Waals surface area contributed by atoms with Crippen LogP contribution in [0.1, 0.15) is 38.1 Å². The van der Waals surface area contributed by atoms with Crippen LogP contribution in [0.2, 0.25) is 0 Å². The number of hydrogen-bond donors (Lipinski definition) is 0. The van der Waals surface area contributed by atoms with Gasteiger partial charge in [-0.05, 0) is 57.5 Å². The summed E-state index contributed by atoms with van der Waals surface area (Å²) in [7, 11) is 0. The number of pyridine rings is 1. The summed E-state index contributed by atoms with van der Waals surface area (Å²) in [6.07, 6.45) is 1.70. The lowest BCUT2D eigenvalue weighted by atomic mass is 9.98.